The van der Waals surface area contributed by atoms with E-state index in [-0.39, 0.29) is 17.8 Å². The molecule has 1 aliphatic heterocycles. The van der Waals surface area contributed by atoms with E-state index in [1.807, 2.05) is 20.8 Å². The maximum Gasteiger partial charge on any atom is 0.249 e. The first-order valence-corrected chi connectivity index (χ1v) is 5.77. The lowest BCUT2D eigenvalue weighted by Crippen LogP contribution is -2.48. The van der Waals surface area contributed by atoms with Gasteiger partial charge >= 0.3 is 0 Å². The van der Waals surface area contributed by atoms with Crippen molar-refractivity contribution in [3.63, 3.8) is 0 Å². The number of hydrogen-bond acceptors (Lipinski definition) is 5. The Morgan fingerprint density at radius 2 is 2.06 bits per heavy atom. The molecule has 17 heavy (non-hydrogen) atoms. The maximum absolute atomic E-state index is 11.9. The third-order valence-electron chi connectivity index (χ3n) is 3.26. The minimum atomic E-state index is -0.0402. The van der Waals surface area contributed by atoms with Gasteiger partial charge in [-0.2, -0.15) is 5.10 Å². The van der Waals surface area contributed by atoms with Crippen molar-refractivity contribution in [2.45, 2.75) is 20.8 Å². The van der Waals surface area contributed by atoms with Crippen molar-refractivity contribution in [3.05, 3.63) is 11.4 Å². The molecule has 1 aromatic heterocycles. The summed E-state index contributed by atoms with van der Waals surface area (Å²) in [4.78, 5) is 16.1. The van der Waals surface area contributed by atoms with Gasteiger partial charge < -0.3 is 5.32 Å². The maximum atomic E-state index is 11.9. The second-order valence-corrected chi connectivity index (χ2v) is 4.50. The number of hydrogen-bond donors (Lipinski definition) is 2. The highest BCUT2D eigenvalue weighted by Gasteiger charge is 2.29. The third kappa shape index (κ3) is 2.58. The quantitative estimate of drug-likeness (QED) is 0.786. The summed E-state index contributed by atoms with van der Waals surface area (Å²) in [7, 11) is 0. The fourth-order valence-electron chi connectivity index (χ4n) is 1.61. The summed E-state index contributed by atoms with van der Waals surface area (Å²) in [6.07, 6.45) is 0. The summed E-state index contributed by atoms with van der Waals surface area (Å²) in [6, 6.07) is 0. The summed E-state index contributed by atoms with van der Waals surface area (Å²) < 4.78 is 0. The van der Waals surface area contributed by atoms with Crippen LogP contribution in [0, 0.1) is 25.7 Å². The van der Waals surface area contributed by atoms with Gasteiger partial charge in [0.05, 0.1) is 11.4 Å². The van der Waals surface area contributed by atoms with E-state index >= 15 is 0 Å². The van der Waals surface area contributed by atoms with Crippen LogP contribution < -0.4 is 10.6 Å². The molecule has 1 unspecified atom stereocenters. The number of nitrogens with one attached hydrogen (secondary N) is 2. The zero-order valence-corrected chi connectivity index (χ0v) is 10.3. The molecule has 0 aliphatic carbocycles. The van der Waals surface area contributed by atoms with E-state index in [2.05, 4.69) is 25.8 Å². The van der Waals surface area contributed by atoms with Crippen molar-refractivity contribution in [1.29, 1.82) is 0 Å². The van der Waals surface area contributed by atoms with Crippen LogP contribution in [0.1, 0.15) is 18.3 Å². The number of carbonyl (C=O) groups is 1. The molecule has 1 saturated heterocycles. The van der Waals surface area contributed by atoms with Crippen LogP contribution in [0.5, 0.6) is 0 Å². The molecule has 92 valence electrons. The highest BCUT2D eigenvalue weighted by atomic mass is 16.2. The van der Waals surface area contributed by atoms with Crippen LogP contribution in [0.25, 0.3) is 0 Å². The normalized spacial score (nSPS) is 17.4. The molecule has 0 saturated carbocycles. The molecule has 0 bridgehead atoms. The van der Waals surface area contributed by atoms with Crippen LogP contribution >= 0.6 is 0 Å². The SMILES string of the molecule is Cc1nnc(NC(=O)C(C)C2CNC2)nc1C. The molecule has 6 nitrogen and oxygen atoms in total. The van der Waals surface area contributed by atoms with E-state index < -0.39 is 0 Å². The second kappa shape index (κ2) is 4.75. The second-order valence-electron chi connectivity index (χ2n) is 4.50. The van der Waals surface area contributed by atoms with Gasteiger partial charge in [0.15, 0.2) is 0 Å². The lowest BCUT2D eigenvalue weighted by Gasteiger charge is -2.31. The minimum absolute atomic E-state index is 0.0264. The van der Waals surface area contributed by atoms with Crippen molar-refractivity contribution >= 4 is 11.9 Å². The monoisotopic (exact) mass is 235 g/mol. The molecule has 2 rings (SSSR count). The number of carbonyl (C=O) groups excluding carboxylic acids is 1. The minimum Gasteiger partial charge on any atom is -0.316 e. The van der Waals surface area contributed by atoms with Gasteiger partial charge in [-0.25, -0.2) is 4.98 Å². The van der Waals surface area contributed by atoms with Crippen LogP contribution in [-0.4, -0.2) is 34.2 Å². The molecule has 1 aromatic rings. The molecule has 6 heteroatoms. The molecule has 1 amide bonds. The van der Waals surface area contributed by atoms with E-state index in [9.17, 15) is 4.79 Å². The van der Waals surface area contributed by atoms with Crippen LogP contribution in [0.2, 0.25) is 0 Å². The first-order valence-electron chi connectivity index (χ1n) is 5.77. The molecule has 1 aliphatic rings. The van der Waals surface area contributed by atoms with Crippen LogP contribution in [0.3, 0.4) is 0 Å². The number of amides is 1. The highest BCUT2D eigenvalue weighted by Crippen LogP contribution is 2.17. The van der Waals surface area contributed by atoms with Gasteiger partial charge in [-0.05, 0) is 32.9 Å². The smallest absolute Gasteiger partial charge is 0.249 e. The van der Waals surface area contributed by atoms with Crippen molar-refractivity contribution in [2.75, 3.05) is 18.4 Å². The first kappa shape index (κ1) is 11.9. The fourth-order valence-corrected chi connectivity index (χ4v) is 1.61. The van der Waals surface area contributed by atoms with Crippen molar-refractivity contribution in [3.8, 4) is 0 Å². The predicted molar refractivity (Wildman–Crippen MR) is 63.5 cm³/mol. The van der Waals surface area contributed by atoms with Crippen molar-refractivity contribution in [1.82, 2.24) is 20.5 Å². The van der Waals surface area contributed by atoms with Gasteiger partial charge in [0.2, 0.25) is 11.9 Å². The summed E-state index contributed by atoms with van der Waals surface area (Å²) in [6.45, 7) is 7.42. The van der Waals surface area contributed by atoms with E-state index in [0.29, 0.717) is 5.92 Å². The number of aryl methyl sites for hydroxylation is 2. The molecular formula is C11H17N5O. The Morgan fingerprint density at radius 1 is 1.35 bits per heavy atom. The lowest BCUT2D eigenvalue weighted by atomic mass is 9.88. The van der Waals surface area contributed by atoms with Gasteiger partial charge in [0.25, 0.3) is 0 Å². The Morgan fingerprint density at radius 3 is 2.59 bits per heavy atom. The van der Waals surface area contributed by atoms with Crippen LogP contribution in [0.15, 0.2) is 0 Å². The standard InChI is InChI=1S/C11H17N5O/c1-6(9-4-12-5-9)10(17)14-11-13-7(2)8(3)15-16-11/h6,9,12H,4-5H2,1-3H3,(H,13,14,16,17). The fraction of sp³-hybridized carbons (Fsp3) is 0.636. The van der Waals surface area contributed by atoms with Crippen LogP contribution in [-0.2, 0) is 4.79 Å². The average molecular weight is 235 g/mol. The molecule has 0 aromatic carbocycles. The van der Waals surface area contributed by atoms with E-state index in [1.165, 1.54) is 0 Å². The van der Waals surface area contributed by atoms with Gasteiger partial charge in [-0.3, -0.25) is 10.1 Å². The Labute approximate surface area is 100 Å². The zero-order valence-electron chi connectivity index (χ0n) is 10.3. The summed E-state index contributed by atoms with van der Waals surface area (Å²) >= 11 is 0. The van der Waals surface area contributed by atoms with Crippen molar-refractivity contribution < 1.29 is 4.79 Å². The van der Waals surface area contributed by atoms with E-state index in [1.54, 1.807) is 0 Å². The first-order chi connectivity index (χ1) is 8.08. The molecule has 1 fully saturated rings. The predicted octanol–water partition coefficient (Wildman–Crippen LogP) is 0.282. The number of anilines is 1. The summed E-state index contributed by atoms with van der Waals surface area (Å²) in [5.74, 6) is 0.634. The Hall–Kier alpha value is -1.56. The Bertz CT molecular complexity index is 430. The molecule has 0 radical (unpaired) electrons. The van der Waals surface area contributed by atoms with E-state index in [4.69, 9.17) is 0 Å². The number of nitrogens with zero attached hydrogens (tertiary/aromatic N) is 3. The Kier molecular flexibility index (Phi) is 3.33. The number of aromatic nitrogens is 3. The third-order valence-corrected chi connectivity index (χ3v) is 3.26. The van der Waals surface area contributed by atoms with Gasteiger partial charge in [-0.15, -0.1) is 5.10 Å². The van der Waals surface area contributed by atoms with Gasteiger partial charge in [0.1, 0.15) is 0 Å². The Balaban J connectivity index is 1.99. The largest absolute Gasteiger partial charge is 0.316 e. The number of rotatable bonds is 3. The zero-order chi connectivity index (χ0) is 12.4. The summed E-state index contributed by atoms with van der Waals surface area (Å²) in [5, 5.41) is 13.6. The molecule has 0 spiro atoms. The highest BCUT2D eigenvalue weighted by molar-refractivity contribution is 5.90. The van der Waals surface area contributed by atoms with Gasteiger partial charge in [-0.1, -0.05) is 6.92 Å². The average Bonchev–Trinajstić information content (AvgIpc) is 2.21. The molecule has 2 N–H and O–H groups in total. The topological polar surface area (TPSA) is 79.8 Å². The molecular weight excluding hydrogens is 218 g/mol. The molecule has 1 atom stereocenters. The van der Waals surface area contributed by atoms with Crippen molar-refractivity contribution in [2.24, 2.45) is 11.8 Å². The van der Waals surface area contributed by atoms with Crippen LogP contribution in [0.4, 0.5) is 5.95 Å². The van der Waals surface area contributed by atoms with Gasteiger partial charge in [0, 0.05) is 5.92 Å². The lowest BCUT2D eigenvalue weighted by molar-refractivity contribution is -0.121. The molecule has 2 heterocycles. The van der Waals surface area contributed by atoms with E-state index in [0.717, 1.165) is 24.5 Å². The summed E-state index contributed by atoms with van der Waals surface area (Å²) in [5.41, 5.74) is 1.56.